The number of aryl methyl sites for hydroxylation is 1. The van der Waals surface area contributed by atoms with Gasteiger partial charge in [-0.25, -0.2) is 4.79 Å². The Morgan fingerprint density at radius 1 is 1.41 bits per heavy atom. The summed E-state index contributed by atoms with van der Waals surface area (Å²) < 4.78 is 9.98. The van der Waals surface area contributed by atoms with Gasteiger partial charge in [-0.2, -0.15) is 0 Å². The second-order valence-electron chi connectivity index (χ2n) is 4.63. The van der Waals surface area contributed by atoms with Crippen LogP contribution >= 0.6 is 0 Å². The highest BCUT2D eigenvalue weighted by Crippen LogP contribution is 2.18. The highest BCUT2D eigenvalue weighted by molar-refractivity contribution is 5.98. The molecule has 0 radical (unpaired) electrons. The summed E-state index contributed by atoms with van der Waals surface area (Å²) in [4.78, 5) is 24.1. The predicted octanol–water partition coefficient (Wildman–Crippen LogP) is 2.26. The Balaban J connectivity index is 2.04. The van der Waals surface area contributed by atoms with Crippen LogP contribution in [0.3, 0.4) is 0 Å². The first-order chi connectivity index (χ1) is 10.5. The number of nitrogens with zero attached hydrogens (tertiary/aromatic N) is 1. The largest absolute Gasteiger partial charge is 0.507 e. The molecule has 22 heavy (non-hydrogen) atoms. The number of phenols is 1. The summed E-state index contributed by atoms with van der Waals surface area (Å²) in [7, 11) is 0. The lowest BCUT2D eigenvalue weighted by molar-refractivity contribution is -0.124. The number of aromatic hydroxyl groups is 1. The van der Waals surface area contributed by atoms with Crippen LogP contribution in [-0.4, -0.2) is 28.2 Å². The van der Waals surface area contributed by atoms with Crippen LogP contribution < -0.4 is 5.32 Å². The Morgan fingerprint density at radius 3 is 2.73 bits per heavy atom. The van der Waals surface area contributed by atoms with E-state index in [0.29, 0.717) is 5.76 Å². The summed E-state index contributed by atoms with van der Waals surface area (Å²) in [6.07, 6.45) is -0.716. The number of carbonyl (C=O) groups excluding carboxylic acids is 2. The van der Waals surface area contributed by atoms with Gasteiger partial charge < -0.3 is 19.7 Å². The van der Waals surface area contributed by atoms with Gasteiger partial charge in [0.2, 0.25) is 0 Å². The Bertz CT molecular complexity index is 680. The number of esters is 1. The lowest BCUT2D eigenvalue weighted by atomic mass is 10.2. The second-order valence-corrected chi connectivity index (χ2v) is 4.63. The lowest BCUT2D eigenvalue weighted by Crippen LogP contribution is -2.32. The zero-order valence-corrected chi connectivity index (χ0v) is 12.2. The zero-order chi connectivity index (χ0) is 16.1. The number of ether oxygens (including phenoxy) is 1. The molecule has 1 atom stereocenters. The molecule has 0 aliphatic rings. The molecule has 0 spiro atoms. The summed E-state index contributed by atoms with van der Waals surface area (Å²) in [6.45, 7) is 3.40. The molecular weight excluding hydrogens is 288 g/mol. The molecule has 1 amide bonds. The van der Waals surface area contributed by atoms with Gasteiger partial charge in [0.1, 0.15) is 17.1 Å². The zero-order valence-electron chi connectivity index (χ0n) is 12.2. The number of hydrogen-bond acceptors (Lipinski definition) is 6. The number of amides is 1. The van der Waals surface area contributed by atoms with E-state index in [4.69, 9.17) is 9.26 Å². The SMILES string of the molecule is CCC(OC(=O)c1ccccc1O)C(=O)Nc1cc(C)on1. The average Bonchev–Trinajstić information content (AvgIpc) is 2.90. The van der Waals surface area contributed by atoms with Crippen LogP contribution in [0.4, 0.5) is 5.82 Å². The number of phenolic OH excluding ortho intramolecular Hbond substituents is 1. The van der Waals surface area contributed by atoms with Crippen molar-refractivity contribution in [3.8, 4) is 5.75 Å². The van der Waals surface area contributed by atoms with E-state index in [-0.39, 0.29) is 23.6 Å². The van der Waals surface area contributed by atoms with Gasteiger partial charge in [-0.05, 0) is 25.5 Å². The third-order valence-corrected chi connectivity index (χ3v) is 2.92. The molecule has 2 rings (SSSR count). The Morgan fingerprint density at radius 2 is 2.14 bits per heavy atom. The van der Waals surface area contributed by atoms with E-state index in [0.717, 1.165) is 0 Å². The monoisotopic (exact) mass is 304 g/mol. The van der Waals surface area contributed by atoms with Crippen LogP contribution in [0.15, 0.2) is 34.9 Å². The van der Waals surface area contributed by atoms with Gasteiger partial charge in [0.25, 0.3) is 5.91 Å². The number of aromatic nitrogens is 1. The van der Waals surface area contributed by atoms with E-state index in [2.05, 4.69) is 10.5 Å². The molecule has 2 N–H and O–H groups in total. The van der Waals surface area contributed by atoms with E-state index in [9.17, 15) is 14.7 Å². The predicted molar refractivity (Wildman–Crippen MR) is 77.5 cm³/mol. The molecule has 7 nitrogen and oxygen atoms in total. The van der Waals surface area contributed by atoms with Gasteiger partial charge in [-0.3, -0.25) is 4.79 Å². The molecular formula is C15H16N2O5. The minimum absolute atomic E-state index is 0.00558. The minimum Gasteiger partial charge on any atom is -0.507 e. The average molecular weight is 304 g/mol. The quantitative estimate of drug-likeness (QED) is 0.822. The van der Waals surface area contributed by atoms with Gasteiger partial charge in [-0.1, -0.05) is 24.2 Å². The maximum absolute atomic E-state index is 12.1. The summed E-state index contributed by atoms with van der Waals surface area (Å²) in [5.74, 6) is -0.681. The number of hydrogen-bond donors (Lipinski definition) is 2. The molecule has 2 aromatic rings. The molecule has 0 saturated heterocycles. The van der Waals surface area contributed by atoms with Crippen molar-refractivity contribution in [2.75, 3.05) is 5.32 Å². The van der Waals surface area contributed by atoms with Gasteiger partial charge in [-0.15, -0.1) is 0 Å². The van der Waals surface area contributed by atoms with Crippen LogP contribution in [0.1, 0.15) is 29.5 Å². The van der Waals surface area contributed by atoms with Crippen LogP contribution in [0.2, 0.25) is 0 Å². The number of rotatable bonds is 5. The van der Waals surface area contributed by atoms with E-state index in [1.807, 2.05) is 0 Å². The first-order valence-electron chi connectivity index (χ1n) is 6.74. The molecule has 0 fully saturated rings. The third kappa shape index (κ3) is 3.63. The van der Waals surface area contributed by atoms with Crippen LogP contribution in [0.5, 0.6) is 5.75 Å². The van der Waals surface area contributed by atoms with E-state index in [1.54, 1.807) is 32.0 Å². The number of anilines is 1. The van der Waals surface area contributed by atoms with E-state index in [1.165, 1.54) is 12.1 Å². The van der Waals surface area contributed by atoms with Crippen molar-refractivity contribution >= 4 is 17.7 Å². The summed E-state index contributed by atoms with van der Waals surface area (Å²) in [5.41, 5.74) is 0.00558. The molecule has 1 unspecified atom stereocenters. The molecule has 1 aromatic carbocycles. The normalized spacial score (nSPS) is 11.7. The van der Waals surface area contributed by atoms with Crippen LogP contribution in [0.25, 0.3) is 0 Å². The van der Waals surface area contributed by atoms with Crippen molar-refractivity contribution in [1.82, 2.24) is 5.16 Å². The fraction of sp³-hybridized carbons (Fsp3) is 0.267. The summed E-state index contributed by atoms with van der Waals surface area (Å²) in [6, 6.07) is 7.52. The van der Waals surface area contributed by atoms with Crippen molar-refractivity contribution in [1.29, 1.82) is 0 Å². The van der Waals surface area contributed by atoms with E-state index < -0.39 is 18.0 Å². The van der Waals surface area contributed by atoms with Crippen molar-refractivity contribution in [3.05, 3.63) is 41.7 Å². The first-order valence-corrected chi connectivity index (χ1v) is 6.74. The fourth-order valence-electron chi connectivity index (χ4n) is 1.79. The Labute approximate surface area is 126 Å². The van der Waals surface area contributed by atoms with Crippen molar-refractivity contribution in [3.63, 3.8) is 0 Å². The molecule has 1 aromatic heterocycles. The third-order valence-electron chi connectivity index (χ3n) is 2.92. The number of para-hydroxylation sites is 1. The number of nitrogens with one attached hydrogen (secondary N) is 1. The van der Waals surface area contributed by atoms with Crippen molar-refractivity contribution in [2.45, 2.75) is 26.4 Å². The second kappa shape index (κ2) is 6.75. The van der Waals surface area contributed by atoms with Crippen molar-refractivity contribution < 1.29 is 24.0 Å². The maximum Gasteiger partial charge on any atom is 0.342 e. The molecule has 7 heteroatoms. The van der Waals surface area contributed by atoms with E-state index >= 15 is 0 Å². The molecule has 0 aliphatic heterocycles. The lowest BCUT2D eigenvalue weighted by Gasteiger charge is -2.15. The molecule has 0 aliphatic carbocycles. The topological polar surface area (TPSA) is 102 Å². The Hall–Kier alpha value is -2.83. The van der Waals surface area contributed by atoms with Gasteiger partial charge in [0.05, 0.1) is 0 Å². The maximum atomic E-state index is 12.1. The molecule has 0 saturated carbocycles. The first kappa shape index (κ1) is 15.6. The minimum atomic E-state index is -0.996. The smallest absolute Gasteiger partial charge is 0.342 e. The molecule has 1 heterocycles. The highest BCUT2D eigenvalue weighted by Gasteiger charge is 2.24. The molecule has 0 bridgehead atoms. The molecule has 116 valence electrons. The van der Waals surface area contributed by atoms with Crippen LogP contribution in [-0.2, 0) is 9.53 Å². The Kier molecular flexibility index (Phi) is 4.77. The van der Waals surface area contributed by atoms with Gasteiger partial charge in [0, 0.05) is 6.07 Å². The standard InChI is InChI=1S/C15H16N2O5/c1-3-12(14(19)16-13-8-9(2)22-17-13)21-15(20)10-6-4-5-7-11(10)18/h4-8,12,18H,3H2,1-2H3,(H,16,17,19). The van der Waals surface area contributed by atoms with Gasteiger partial charge >= 0.3 is 5.97 Å². The summed E-state index contributed by atoms with van der Waals surface area (Å²) in [5, 5.41) is 15.8. The van der Waals surface area contributed by atoms with Crippen LogP contribution in [0, 0.1) is 6.92 Å². The summed E-state index contributed by atoms with van der Waals surface area (Å²) >= 11 is 0. The van der Waals surface area contributed by atoms with Crippen molar-refractivity contribution in [2.24, 2.45) is 0 Å². The number of carbonyl (C=O) groups is 2. The number of benzene rings is 1. The fourth-order valence-corrected chi connectivity index (χ4v) is 1.79. The highest BCUT2D eigenvalue weighted by atomic mass is 16.5. The van der Waals surface area contributed by atoms with Gasteiger partial charge in [0.15, 0.2) is 11.9 Å².